The fourth-order valence-electron chi connectivity index (χ4n) is 4.43. The van der Waals surface area contributed by atoms with E-state index in [-0.39, 0.29) is 5.41 Å². The fourth-order valence-corrected chi connectivity index (χ4v) is 4.43. The molecular weight excluding hydrogens is 280 g/mol. The van der Waals surface area contributed by atoms with Crippen LogP contribution in [0.1, 0.15) is 56.9 Å². The Morgan fingerprint density at radius 2 is 1.91 bits per heavy atom. The topological polar surface area (TPSA) is 63.6 Å². The number of esters is 1. The first-order chi connectivity index (χ1) is 10.5. The molecule has 0 aromatic heterocycles. The van der Waals surface area contributed by atoms with Crippen LogP contribution in [-0.2, 0) is 14.3 Å². The number of carboxylic acid groups (broad SMARTS) is 1. The molecule has 1 N–H and O–H groups in total. The molecule has 0 saturated heterocycles. The van der Waals surface area contributed by atoms with Crippen LogP contribution in [0.3, 0.4) is 0 Å². The van der Waals surface area contributed by atoms with Crippen molar-refractivity contribution in [3.05, 3.63) is 35.9 Å². The van der Waals surface area contributed by atoms with Crippen molar-refractivity contribution in [2.24, 2.45) is 5.41 Å². The second-order valence-electron chi connectivity index (χ2n) is 6.95. The molecule has 0 amide bonds. The number of ether oxygens (including phenoxy) is 1. The number of rotatable bonds is 2. The maximum Gasteiger partial charge on any atom is 0.417 e. The molecule has 118 valence electrons. The van der Waals surface area contributed by atoms with E-state index in [4.69, 9.17) is 9.84 Å². The molecule has 1 aromatic carbocycles. The minimum Gasteiger partial charge on any atom is -0.473 e. The summed E-state index contributed by atoms with van der Waals surface area (Å²) in [7, 11) is 0. The normalized spacial score (nSPS) is 34.0. The predicted molar refractivity (Wildman–Crippen MR) is 81.5 cm³/mol. The second-order valence-corrected chi connectivity index (χ2v) is 6.95. The third-order valence-corrected chi connectivity index (χ3v) is 5.76. The van der Waals surface area contributed by atoms with Crippen LogP contribution >= 0.6 is 0 Å². The van der Waals surface area contributed by atoms with Crippen LogP contribution in [0.15, 0.2) is 30.3 Å². The van der Waals surface area contributed by atoms with Crippen LogP contribution in [0.2, 0.25) is 0 Å². The number of hydrogen-bond acceptors (Lipinski definition) is 3. The van der Waals surface area contributed by atoms with Gasteiger partial charge in [0.15, 0.2) is 0 Å². The number of carbonyl (C=O) groups excluding carboxylic acids is 1. The van der Waals surface area contributed by atoms with E-state index in [1.807, 2.05) is 18.2 Å². The van der Waals surface area contributed by atoms with Crippen LogP contribution in [0.4, 0.5) is 0 Å². The van der Waals surface area contributed by atoms with Crippen molar-refractivity contribution in [1.29, 1.82) is 0 Å². The summed E-state index contributed by atoms with van der Waals surface area (Å²) in [6.45, 7) is 2.15. The Bertz CT molecular complexity index is 582. The van der Waals surface area contributed by atoms with Gasteiger partial charge >= 0.3 is 11.9 Å². The lowest BCUT2D eigenvalue weighted by Gasteiger charge is -2.49. The molecule has 2 aliphatic rings. The van der Waals surface area contributed by atoms with Gasteiger partial charge in [0.2, 0.25) is 0 Å². The van der Waals surface area contributed by atoms with Crippen LogP contribution in [-0.4, -0.2) is 22.6 Å². The van der Waals surface area contributed by atoms with Gasteiger partial charge in [-0.3, -0.25) is 0 Å². The van der Waals surface area contributed by atoms with Crippen LogP contribution in [0.25, 0.3) is 0 Å². The molecule has 0 radical (unpaired) electrons. The molecule has 0 heterocycles. The standard InChI is InChI=1S/C18H22O4/c1-17-9-5-10-18(17,22-16(21)15(19)20)12-14(8-11-17)13-6-3-2-4-7-13/h2-4,6-7,14H,5,8-12H2,1H3,(H,19,20). The monoisotopic (exact) mass is 302 g/mol. The highest BCUT2D eigenvalue weighted by Crippen LogP contribution is 2.59. The zero-order chi connectivity index (χ0) is 15.8. The minimum absolute atomic E-state index is 0.0939. The Morgan fingerprint density at radius 3 is 2.59 bits per heavy atom. The summed E-state index contributed by atoms with van der Waals surface area (Å²) < 4.78 is 5.58. The number of fused-ring (bicyclic) bond motifs is 1. The summed E-state index contributed by atoms with van der Waals surface area (Å²) in [5, 5.41) is 8.92. The number of aliphatic carboxylic acids is 1. The van der Waals surface area contributed by atoms with Gasteiger partial charge in [-0.15, -0.1) is 0 Å². The molecule has 1 aromatic rings. The molecule has 0 spiro atoms. The quantitative estimate of drug-likeness (QED) is 0.670. The van der Waals surface area contributed by atoms with Crippen molar-refractivity contribution < 1.29 is 19.4 Å². The van der Waals surface area contributed by atoms with Crippen molar-refractivity contribution in [2.45, 2.75) is 57.0 Å². The highest BCUT2D eigenvalue weighted by Gasteiger charge is 2.58. The zero-order valence-corrected chi connectivity index (χ0v) is 12.9. The van der Waals surface area contributed by atoms with E-state index in [0.717, 1.165) is 38.5 Å². The average Bonchev–Trinajstić information content (AvgIpc) is 2.84. The van der Waals surface area contributed by atoms with E-state index in [2.05, 4.69) is 19.1 Å². The average molecular weight is 302 g/mol. The Kier molecular flexibility index (Phi) is 3.71. The van der Waals surface area contributed by atoms with Crippen molar-refractivity contribution in [1.82, 2.24) is 0 Å². The summed E-state index contributed by atoms with van der Waals surface area (Å²) in [6.07, 6.45) is 5.52. The fraction of sp³-hybridized carbons (Fsp3) is 0.556. The molecule has 3 atom stereocenters. The molecule has 2 saturated carbocycles. The van der Waals surface area contributed by atoms with Gasteiger partial charge in [0.25, 0.3) is 0 Å². The predicted octanol–water partition coefficient (Wildman–Crippen LogP) is 3.51. The summed E-state index contributed by atoms with van der Waals surface area (Å²) in [5.41, 5.74) is 0.534. The summed E-state index contributed by atoms with van der Waals surface area (Å²) in [5.74, 6) is -2.28. The molecule has 2 fully saturated rings. The van der Waals surface area contributed by atoms with E-state index in [1.54, 1.807) is 0 Å². The SMILES string of the molecule is CC12CCCC1(OC(=O)C(=O)O)CC(c1ccccc1)CC2. The van der Waals surface area contributed by atoms with E-state index >= 15 is 0 Å². The molecule has 2 aliphatic carbocycles. The van der Waals surface area contributed by atoms with Gasteiger partial charge in [-0.1, -0.05) is 37.3 Å². The Morgan fingerprint density at radius 1 is 1.18 bits per heavy atom. The number of benzene rings is 1. The largest absolute Gasteiger partial charge is 0.473 e. The third-order valence-electron chi connectivity index (χ3n) is 5.76. The van der Waals surface area contributed by atoms with Gasteiger partial charge in [-0.2, -0.15) is 0 Å². The smallest absolute Gasteiger partial charge is 0.417 e. The number of carbonyl (C=O) groups is 2. The zero-order valence-electron chi connectivity index (χ0n) is 12.9. The Labute approximate surface area is 130 Å². The lowest BCUT2D eigenvalue weighted by Crippen LogP contribution is -2.50. The molecule has 3 rings (SSSR count). The number of hydrogen-bond donors (Lipinski definition) is 1. The third kappa shape index (κ3) is 2.40. The first kappa shape index (κ1) is 15.1. The highest BCUT2D eigenvalue weighted by molar-refractivity contribution is 6.28. The molecule has 22 heavy (non-hydrogen) atoms. The van der Waals surface area contributed by atoms with Crippen molar-refractivity contribution in [2.75, 3.05) is 0 Å². The van der Waals surface area contributed by atoms with Crippen LogP contribution < -0.4 is 0 Å². The van der Waals surface area contributed by atoms with E-state index in [1.165, 1.54) is 5.56 Å². The Hall–Kier alpha value is -1.84. The number of carboxylic acids is 1. The lowest BCUT2D eigenvalue weighted by molar-refractivity contribution is -0.188. The molecule has 4 nitrogen and oxygen atoms in total. The molecule has 0 aliphatic heterocycles. The first-order valence-electron chi connectivity index (χ1n) is 7.97. The van der Waals surface area contributed by atoms with E-state index in [0.29, 0.717) is 5.92 Å². The van der Waals surface area contributed by atoms with Crippen LogP contribution in [0.5, 0.6) is 0 Å². The van der Waals surface area contributed by atoms with E-state index < -0.39 is 17.5 Å². The van der Waals surface area contributed by atoms with Gasteiger partial charge < -0.3 is 9.84 Å². The van der Waals surface area contributed by atoms with Gasteiger partial charge in [-0.25, -0.2) is 9.59 Å². The van der Waals surface area contributed by atoms with Gasteiger partial charge in [0.05, 0.1) is 0 Å². The minimum atomic E-state index is -1.49. The molecule has 3 unspecified atom stereocenters. The van der Waals surface area contributed by atoms with E-state index in [9.17, 15) is 9.59 Å². The van der Waals surface area contributed by atoms with Crippen molar-refractivity contribution in [3.8, 4) is 0 Å². The Balaban J connectivity index is 1.89. The maximum absolute atomic E-state index is 11.7. The van der Waals surface area contributed by atoms with Gasteiger partial charge in [-0.05, 0) is 50.0 Å². The first-order valence-corrected chi connectivity index (χ1v) is 7.97. The molecule has 0 bridgehead atoms. The molecular formula is C18H22O4. The van der Waals surface area contributed by atoms with Crippen molar-refractivity contribution >= 4 is 11.9 Å². The van der Waals surface area contributed by atoms with Gasteiger partial charge in [0, 0.05) is 5.41 Å². The summed E-state index contributed by atoms with van der Waals surface area (Å²) in [4.78, 5) is 22.7. The maximum atomic E-state index is 11.7. The van der Waals surface area contributed by atoms with Crippen LogP contribution in [0, 0.1) is 5.41 Å². The lowest BCUT2D eigenvalue weighted by atomic mass is 9.62. The van der Waals surface area contributed by atoms with Gasteiger partial charge in [0.1, 0.15) is 5.60 Å². The van der Waals surface area contributed by atoms with Crippen molar-refractivity contribution in [3.63, 3.8) is 0 Å². The summed E-state index contributed by atoms with van der Waals surface area (Å²) >= 11 is 0. The molecule has 4 heteroatoms. The summed E-state index contributed by atoms with van der Waals surface area (Å²) in [6, 6.07) is 10.2. The second kappa shape index (κ2) is 5.41. The highest BCUT2D eigenvalue weighted by atomic mass is 16.6.